The molecule has 3 rings (SSSR count). The summed E-state index contributed by atoms with van der Waals surface area (Å²) in [6.45, 7) is 4.45. The van der Waals surface area contributed by atoms with Gasteiger partial charge in [-0.2, -0.15) is 0 Å². The van der Waals surface area contributed by atoms with Gasteiger partial charge in [0.25, 0.3) is 0 Å². The van der Waals surface area contributed by atoms with Crippen LogP contribution < -0.4 is 5.73 Å². The van der Waals surface area contributed by atoms with Crippen LogP contribution in [0.4, 0.5) is 0 Å². The van der Waals surface area contributed by atoms with Crippen molar-refractivity contribution in [2.45, 2.75) is 57.4 Å². The Morgan fingerprint density at radius 3 is 2.14 bits per heavy atom. The smallest absolute Gasteiger partial charge is 0.225 e. The average Bonchev–Trinajstić information content (AvgIpc) is 2.44. The molecule has 3 fully saturated rings. The van der Waals surface area contributed by atoms with Crippen LogP contribution in [0.25, 0.3) is 0 Å². The van der Waals surface area contributed by atoms with Crippen LogP contribution >= 0.6 is 0 Å². The van der Waals surface area contributed by atoms with Crippen molar-refractivity contribution in [3.63, 3.8) is 0 Å². The zero-order valence-electron chi connectivity index (χ0n) is 13.5. The fourth-order valence-corrected chi connectivity index (χ4v) is 4.83. The summed E-state index contributed by atoms with van der Waals surface area (Å²) in [6, 6.07) is 0.415. The number of hydrogen-bond donors (Lipinski definition) is 1. The summed E-state index contributed by atoms with van der Waals surface area (Å²) in [4.78, 5) is 17.5. The van der Waals surface area contributed by atoms with Crippen molar-refractivity contribution in [1.29, 1.82) is 0 Å². The number of nitrogens with two attached hydrogens (primary N) is 1. The Balaban J connectivity index is 1.84. The lowest BCUT2D eigenvalue weighted by Crippen LogP contribution is -2.62. The predicted molar refractivity (Wildman–Crippen MR) is 84.9 cm³/mol. The van der Waals surface area contributed by atoms with Crippen LogP contribution in [0, 0.1) is 11.3 Å². The molecule has 2 aliphatic carbocycles. The summed E-state index contributed by atoms with van der Waals surface area (Å²) in [7, 11) is 2.19. The fourth-order valence-electron chi connectivity index (χ4n) is 4.83. The number of rotatable bonds is 4. The molecule has 1 saturated heterocycles. The maximum Gasteiger partial charge on any atom is 0.225 e. The third kappa shape index (κ3) is 2.85. The lowest BCUT2D eigenvalue weighted by Gasteiger charge is -2.53. The van der Waals surface area contributed by atoms with Crippen LogP contribution in [0.1, 0.15) is 51.4 Å². The molecule has 0 spiro atoms. The van der Waals surface area contributed by atoms with E-state index >= 15 is 0 Å². The van der Waals surface area contributed by atoms with E-state index in [0.717, 1.165) is 39.0 Å². The summed E-state index contributed by atoms with van der Waals surface area (Å²) in [5.41, 5.74) is 5.74. The maximum atomic E-state index is 12.5. The standard InChI is InChI=1S/C17H31N3O/c1-19-10-12-20(13-11-19)15(14-6-5-7-14)17(16(18)21)8-3-2-4-9-17/h14-15H,2-13H2,1H3,(H2,18,21). The molecule has 0 radical (unpaired) electrons. The Hall–Kier alpha value is -0.610. The second kappa shape index (κ2) is 6.25. The monoisotopic (exact) mass is 293 g/mol. The molecule has 120 valence electrons. The third-order valence-electron chi connectivity index (χ3n) is 6.33. The number of likely N-dealkylation sites (N-methyl/N-ethyl adjacent to an activating group) is 1. The van der Waals surface area contributed by atoms with Gasteiger partial charge in [-0.05, 0) is 38.6 Å². The van der Waals surface area contributed by atoms with E-state index in [9.17, 15) is 4.79 Å². The number of hydrogen-bond acceptors (Lipinski definition) is 3. The van der Waals surface area contributed by atoms with Crippen LogP contribution in [0.5, 0.6) is 0 Å². The zero-order valence-corrected chi connectivity index (χ0v) is 13.5. The summed E-state index contributed by atoms with van der Waals surface area (Å²) >= 11 is 0. The van der Waals surface area contributed by atoms with E-state index in [-0.39, 0.29) is 11.3 Å². The number of piperazine rings is 1. The van der Waals surface area contributed by atoms with E-state index < -0.39 is 0 Å². The Morgan fingerprint density at radius 1 is 1.05 bits per heavy atom. The molecule has 21 heavy (non-hydrogen) atoms. The van der Waals surface area contributed by atoms with Crippen LogP contribution in [-0.2, 0) is 4.79 Å². The van der Waals surface area contributed by atoms with Crippen molar-refractivity contribution in [3.05, 3.63) is 0 Å². The molecule has 2 saturated carbocycles. The van der Waals surface area contributed by atoms with Gasteiger partial charge in [0.2, 0.25) is 5.91 Å². The molecular weight excluding hydrogens is 262 g/mol. The highest BCUT2D eigenvalue weighted by Gasteiger charge is 2.51. The van der Waals surface area contributed by atoms with E-state index in [1.54, 1.807) is 0 Å². The first-order valence-corrected chi connectivity index (χ1v) is 8.86. The normalized spacial score (nSPS) is 29.8. The minimum atomic E-state index is -0.237. The molecule has 0 aromatic heterocycles. The minimum absolute atomic E-state index is 0.0157. The van der Waals surface area contributed by atoms with Gasteiger partial charge in [-0.25, -0.2) is 0 Å². The van der Waals surface area contributed by atoms with Gasteiger partial charge in [0.05, 0.1) is 5.41 Å². The van der Waals surface area contributed by atoms with Crippen molar-refractivity contribution >= 4 is 5.91 Å². The van der Waals surface area contributed by atoms with Crippen LogP contribution in [0.3, 0.4) is 0 Å². The first-order chi connectivity index (χ1) is 10.1. The number of primary amides is 1. The topological polar surface area (TPSA) is 49.6 Å². The average molecular weight is 293 g/mol. The molecule has 0 bridgehead atoms. The first-order valence-electron chi connectivity index (χ1n) is 8.86. The lowest BCUT2D eigenvalue weighted by molar-refractivity contribution is -0.140. The Morgan fingerprint density at radius 2 is 1.67 bits per heavy atom. The van der Waals surface area contributed by atoms with Crippen LogP contribution in [-0.4, -0.2) is 55.0 Å². The van der Waals surface area contributed by atoms with Gasteiger partial charge >= 0.3 is 0 Å². The molecule has 4 nitrogen and oxygen atoms in total. The van der Waals surface area contributed by atoms with E-state index in [2.05, 4.69) is 16.8 Å². The molecule has 0 aromatic carbocycles. The Kier molecular flexibility index (Phi) is 4.55. The first kappa shape index (κ1) is 15.3. The molecule has 1 unspecified atom stereocenters. The lowest BCUT2D eigenvalue weighted by atomic mass is 9.60. The van der Waals surface area contributed by atoms with Crippen LogP contribution in [0.15, 0.2) is 0 Å². The molecule has 4 heteroatoms. The third-order valence-corrected chi connectivity index (χ3v) is 6.33. The number of nitrogens with zero attached hydrogens (tertiary/aromatic N) is 2. The van der Waals surface area contributed by atoms with Crippen molar-refractivity contribution in [1.82, 2.24) is 9.80 Å². The molecule has 1 atom stereocenters. The number of carbonyl (C=O) groups is 1. The van der Waals surface area contributed by atoms with Gasteiger partial charge in [0.1, 0.15) is 0 Å². The van der Waals surface area contributed by atoms with Crippen molar-refractivity contribution in [3.8, 4) is 0 Å². The van der Waals surface area contributed by atoms with Gasteiger partial charge < -0.3 is 10.6 Å². The van der Waals surface area contributed by atoms with Gasteiger partial charge in [-0.1, -0.05) is 25.7 Å². The summed E-state index contributed by atoms with van der Waals surface area (Å²) < 4.78 is 0. The van der Waals surface area contributed by atoms with Gasteiger partial charge in [-0.3, -0.25) is 9.69 Å². The predicted octanol–water partition coefficient (Wildman–Crippen LogP) is 1.84. The van der Waals surface area contributed by atoms with Gasteiger partial charge in [-0.15, -0.1) is 0 Å². The Labute approximate surface area is 129 Å². The number of carbonyl (C=O) groups excluding carboxylic acids is 1. The van der Waals surface area contributed by atoms with Gasteiger partial charge in [0, 0.05) is 32.2 Å². The fraction of sp³-hybridized carbons (Fsp3) is 0.941. The van der Waals surface area contributed by atoms with Crippen molar-refractivity contribution in [2.24, 2.45) is 17.1 Å². The molecule has 2 N–H and O–H groups in total. The largest absolute Gasteiger partial charge is 0.369 e. The molecular formula is C17H31N3O. The molecule has 0 aromatic rings. The van der Waals surface area contributed by atoms with E-state index in [1.807, 2.05) is 0 Å². The Bertz CT molecular complexity index is 366. The molecule has 3 aliphatic rings. The SMILES string of the molecule is CN1CCN(C(C2CCC2)C2(C(N)=O)CCCCC2)CC1. The van der Waals surface area contributed by atoms with E-state index in [0.29, 0.717) is 12.0 Å². The number of amides is 1. The molecule has 1 heterocycles. The van der Waals surface area contributed by atoms with E-state index in [1.165, 1.54) is 38.5 Å². The summed E-state index contributed by atoms with van der Waals surface area (Å²) in [5, 5.41) is 0. The summed E-state index contributed by atoms with van der Waals surface area (Å²) in [6.07, 6.45) is 9.61. The quantitative estimate of drug-likeness (QED) is 0.860. The van der Waals surface area contributed by atoms with E-state index in [4.69, 9.17) is 5.73 Å². The van der Waals surface area contributed by atoms with Crippen molar-refractivity contribution < 1.29 is 4.79 Å². The second-order valence-electron chi connectivity index (χ2n) is 7.56. The summed E-state index contributed by atoms with van der Waals surface area (Å²) in [5.74, 6) is 0.692. The zero-order chi connectivity index (χ0) is 14.9. The minimum Gasteiger partial charge on any atom is -0.369 e. The maximum absolute atomic E-state index is 12.5. The molecule has 1 aliphatic heterocycles. The highest BCUT2D eigenvalue weighted by Crippen LogP contribution is 2.48. The van der Waals surface area contributed by atoms with Crippen LogP contribution in [0.2, 0.25) is 0 Å². The van der Waals surface area contributed by atoms with Crippen molar-refractivity contribution in [2.75, 3.05) is 33.2 Å². The molecule has 1 amide bonds. The second-order valence-corrected chi connectivity index (χ2v) is 7.56. The highest BCUT2D eigenvalue weighted by molar-refractivity contribution is 5.82. The van der Waals surface area contributed by atoms with Gasteiger partial charge in [0.15, 0.2) is 0 Å². The highest BCUT2D eigenvalue weighted by atomic mass is 16.1.